The van der Waals surface area contributed by atoms with Crippen molar-refractivity contribution >= 4 is 23.3 Å². The Labute approximate surface area is 154 Å². The van der Waals surface area contributed by atoms with Gasteiger partial charge >= 0.3 is 6.03 Å². The first kappa shape index (κ1) is 18.0. The maximum absolute atomic E-state index is 13.1. The molecular formula is C21H25N3O2. The Balaban J connectivity index is 1.71. The smallest absolute Gasteiger partial charge is 0.319 e. The van der Waals surface area contributed by atoms with Crippen molar-refractivity contribution in [2.75, 3.05) is 16.8 Å². The van der Waals surface area contributed by atoms with Crippen LogP contribution in [0, 0.1) is 5.92 Å². The molecule has 0 radical (unpaired) electrons. The molecule has 3 rings (SSSR count). The lowest BCUT2D eigenvalue weighted by atomic mass is 10.0. The summed E-state index contributed by atoms with van der Waals surface area (Å²) in [6.07, 6.45) is 1.45. The summed E-state index contributed by atoms with van der Waals surface area (Å²) in [7, 11) is 0. The van der Waals surface area contributed by atoms with Crippen molar-refractivity contribution in [1.82, 2.24) is 5.32 Å². The number of hydrogen-bond acceptors (Lipinski definition) is 2. The second-order valence-electron chi connectivity index (χ2n) is 7.02. The minimum atomic E-state index is -0.551. The molecule has 5 nitrogen and oxygen atoms in total. The normalized spacial score (nSPS) is 14.0. The zero-order valence-corrected chi connectivity index (χ0v) is 15.2. The Morgan fingerprint density at radius 2 is 1.73 bits per heavy atom. The van der Waals surface area contributed by atoms with E-state index in [4.69, 9.17) is 0 Å². The molecule has 0 fully saturated rings. The van der Waals surface area contributed by atoms with Crippen LogP contribution in [-0.4, -0.2) is 24.5 Å². The molecule has 136 valence electrons. The minimum Gasteiger partial charge on any atom is -0.326 e. The first-order chi connectivity index (χ1) is 12.5. The van der Waals surface area contributed by atoms with Gasteiger partial charge in [-0.05, 0) is 42.5 Å². The standard InChI is InChI=1S/C21H25N3O2/c1-15(2)14-18(23-21(26)22-17-9-4-3-5-10-17)20(25)24-13-12-16-8-6-7-11-19(16)24/h3-11,15,18H,12-14H2,1-2H3,(H2,22,23,26)/t18-/m1/s1. The molecule has 5 heteroatoms. The summed E-state index contributed by atoms with van der Waals surface area (Å²) in [5.74, 6) is 0.241. The second kappa shape index (κ2) is 8.04. The van der Waals surface area contributed by atoms with Crippen molar-refractivity contribution in [2.45, 2.75) is 32.7 Å². The van der Waals surface area contributed by atoms with Crippen LogP contribution in [0.2, 0.25) is 0 Å². The number of amides is 3. The van der Waals surface area contributed by atoms with Crippen LogP contribution in [-0.2, 0) is 11.2 Å². The van der Waals surface area contributed by atoms with Crippen molar-refractivity contribution in [3.8, 4) is 0 Å². The van der Waals surface area contributed by atoms with Crippen LogP contribution < -0.4 is 15.5 Å². The Morgan fingerprint density at radius 3 is 2.46 bits per heavy atom. The van der Waals surface area contributed by atoms with Gasteiger partial charge in [-0.3, -0.25) is 4.79 Å². The summed E-state index contributed by atoms with van der Waals surface area (Å²) in [6, 6.07) is 16.3. The fourth-order valence-corrected chi connectivity index (χ4v) is 3.30. The maximum Gasteiger partial charge on any atom is 0.319 e. The van der Waals surface area contributed by atoms with Crippen molar-refractivity contribution in [3.63, 3.8) is 0 Å². The van der Waals surface area contributed by atoms with E-state index < -0.39 is 6.04 Å². The highest BCUT2D eigenvalue weighted by Crippen LogP contribution is 2.28. The fraction of sp³-hybridized carbons (Fsp3) is 0.333. The van der Waals surface area contributed by atoms with Crippen LogP contribution in [0.25, 0.3) is 0 Å². The van der Waals surface area contributed by atoms with Crippen molar-refractivity contribution in [3.05, 3.63) is 60.2 Å². The van der Waals surface area contributed by atoms with Gasteiger partial charge in [0.2, 0.25) is 5.91 Å². The van der Waals surface area contributed by atoms with Crippen LogP contribution in [0.4, 0.5) is 16.2 Å². The molecule has 0 saturated carbocycles. The average Bonchev–Trinajstić information content (AvgIpc) is 3.05. The summed E-state index contributed by atoms with van der Waals surface area (Å²) in [5, 5.41) is 5.65. The molecule has 0 unspecified atom stereocenters. The molecule has 0 spiro atoms. The molecule has 0 aromatic heterocycles. The number of hydrogen-bond donors (Lipinski definition) is 2. The van der Waals surface area contributed by atoms with Crippen LogP contribution in [0.1, 0.15) is 25.8 Å². The van der Waals surface area contributed by atoms with E-state index >= 15 is 0 Å². The number of benzene rings is 2. The van der Waals surface area contributed by atoms with E-state index in [1.165, 1.54) is 5.56 Å². The highest BCUT2D eigenvalue weighted by Gasteiger charge is 2.31. The van der Waals surface area contributed by atoms with Gasteiger partial charge in [0.15, 0.2) is 0 Å². The third kappa shape index (κ3) is 4.23. The highest BCUT2D eigenvalue weighted by atomic mass is 16.2. The van der Waals surface area contributed by atoms with Gasteiger partial charge in [-0.15, -0.1) is 0 Å². The van der Waals surface area contributed by atoms with Gasteiger partial charge < -0.3 is 15.5 Å². The quantitative estimate of drug-likeness (QED) is 0.860. The van der Waals surface area contributed by atoms with Crippen molar-refractivity contribution < 1.29 is 9.59 Å². The molecule has 0 bridgehead atoms. The first-order valence-corrected chi connectivity index (χ1v) is 9.06. The molecule has 0 aliphatic carbocycles. The summed E-state index contributed by atoms with van der Waals surface area (Å²) < 4.78 is 0. The lowest BCUT2D eigenvalue weighted by Crippen LogP contribution is -2.50. The van der Waals surface area contributed by atoms with E-state index in [1.807, 2.05) is 48.5 Å². The number of nitrogens with zero attached hydrogens (tertiary/aromatic N) is 1. The molecule has 1 heterocycles. The van der Waals surface area contributed by atoms with E-state index in [-0.39, 0.29) is 11.9 Å². The van der Waals surface area contributed by atoms with E-state index in [9.17, 15) is 9.59 Å². The average molecular weight is 351 g/mol. The first-order valence-electron chi connectivity index (χ1n) is 9.06. The van der Waals surface area contributed by atoms with Gasteiger partial charge in [-0.1, -0.05) is 50.2 Å². The van der Waals surface area contributed by atoms with Gasteiger partial charge in [0.25, 0.3) is 0 Å². The van der Waals surface area contributed by atoms with Crippen molar-refractivity contribution in [1.29, 1.82) is 0 Å². The Morgan fingerprint density at radius 1 is 1.04 bits per heavy atom. The summed E-state index contributed by atoms with van der Waals surface area (Å²) in [5.41, 5.74) is 2.83. The van der Waals surface area contributed by atoms with E-state index in [2.05, 4.69) is 30.5 Å². The number of urea groups is 1. The second-order valence-corrected chi connectivity index (χ2v) is 7.02. The molecule has 3 amide bonds. The van der Waals surface area contributed by atoms with Gasteiger partial charge in [-0.2, -0.15) is 0 Å². The lowest BCUT2D eigenvalue weighted by molar-refractivity contribution is -0.120. The predicted octanol–water partition coefficient (Wildman–Crippen LogP) is 3.81. The number of carbonyl (C=O) groups excluding carboxylic acids is 2. The largest absolute Gasteiger partial charge is 0.326 e. The zero-order valence-electron chi connectivity index (χ0n) is 15.2. The molecule has 0 saturated heterocycles. The monoisotopic (exact) mass is 351 g/mol. The number of para-hydroxylation sites is 2. The number of fused-ring (bicyclic) bond motifs is 1. The molecule has 1 aliphatic heterocycles. The summed E-state index contributed by atoms with van der Waals surface area (Å²) >= 11 is 0. The third-order valence-corrected chi connectivity index (χ3v) is 4.50. The number of carbonyl (C=O) groups is 2. The van der Waals surface area contributed by atoms with Gasteiger partial charge in [-0.25, -0.2) is 4.79 Å². The fourth-order valence-electron chi connectivity index (χ4n) is 3.30. The maximum atomic E-state index is 13.1. The number of anilines is 2. The van der Waals surface area contributed by atoms with Crippen LogP contribution >= 0.6 is 0 Å². The Bertz CT molecular complexity index is 774. The molecule has 26 heavy (non-hydrogen) atoms. The SMILES string of the molecule is CC(C)C[C@@H](NC(=O)Nc1ccccc1)C(=O)N1CCc2ccccc21. The van der Waals surface area contributed by atoms with Gasteiger partial charge in [0.05, 0.1) is 0 Å². The molecule has 2 aromatic carbocycles. The molecule has 2 aromatic rings. The zero-order chi connectivity index (χ0) is 18.5. The van der Waals surface area contributed by atoms with E-state index in [0.29, 0.717) is 24.6 Å². The molecular weight excluding hydrogens is 326 g/mol. The predicted molar refractivity (Wildman–Crippen MR) is 104 cm³/mol. The molecule has 1 atom stereocenters. The van der Waals surface area contributed by atoms with Gasteiger partial charge in [0, 0.05) is 17.9 Å². The van der Waals surface area contributed by atoms with Crippen LogP contribution in [0.3, 0.4) is 0 Å². The van der Waals surface area contributed by atoms with Crippen molar-refractivity contribution in [2.24, 2.45) is 5.92 Å². The van der Waals surface area contributed by atoms with E-state index in [1.54, 1.807) is 4.90 Å². The molecule has 2 N–H and O–H groups in total. The summed E-state index contributed by atoms with van der Waals surface area (Å²) in [4.78, 5) is 27.3. The minimum absolute atomic E-state index is 0.0492. The lowest BCUT2D eigenvalue weighted by Gasteiger charge is -2.26. The molecule has 1 aliphatic rings. The number of rotatable bonds is 5. The highest BCUT2D eigenvalue weighted by molar-refractivity contribution is 6.02. The van der Waals surface area contributed by atoms with Crippen LogP contribution in [0.5, 0.6) is 0 Å². The number of nitrogens with one attached hydrogen (secondary N) is 2. The van der Waals surface area contributed by atoms with E-state index in [0.717, 1.165) is 12.1 Å². The Kier molecular flexibility index (Phi) is 5.56. The summed E-state index contributed by atoms with van der Waals surface area (Å²) in [6.45, 7) is 4.76. The van der Waals surface area contributed by atoms with Gasteiger partial charge in [0.1, 0.15) is 6.04 Å². The van der Waals surface area contributed by atoms with Crippen LogP contribution in [0.15, 0.2) is 54.6 Å². The topological polar surface area (TPSA) is 61.4 Å². The Hall–Kier alpha value is -2.82. The third-order valence-electron chi connectivity index (χ3n) is 4.50.